The van der Waals surface area contributed by atoms with Gasteiger partial charge in [-0.25, -0.2) is 12.7 Å². The van der Waals surface area contributed by atoms with E-state index in [1.165, 1.54) is 12.1 Å². The van der Waals surface area contributed by atoms with E-state index in [0.29, 0.717) is 31.1 Å². The van der Waals surface area contributed by atoms with Gasteiger partial charge in [0.05, 0.1) is 4.90 Å². The van der Waals surface area contributed by atoms with Crippen molar-refractivity contribution in [3.8, 4) is 11.5 Å². The Labute approximate surface area is 111 Å². The zero-order valence-corrected chi connectivity index (χ0v) is 11.0. The van der Waals surface area contributed by atoms with E-state index in [2.05, 4.69) is 0 Å². The molecule has 0 unspecified atom stereocenters. The molecule has 0 radical (unpaired) electrons. The van der Waals surface area contributed by atoms with E-state index in [1.54, 1.807) is 6.07 Å². The maximum Gasteiger partial charge on any atom is 0.266 e. The number of nitrogens with zero attached hydrogens (tertiary/aromatic N) is 1. The molecule has 19 heavy (non-hydrogen) atoms. The molecule has 3 rings (SSSR count). The van der Waals surface area contributed by atoms with Gasteiger partial charge < -0.3 is 9.47 Å². The van der Waals surface area contributed by atoms with Gasteiger partial charge in [-0.1, -0.05) is 0 Å². The van der Waals surface area contributed by atoms with Crippen molar-refractivity contribution in [1.29, 1.82) is 0 Å². The first-order chi connectivity index (χ1) is 9.09. The average molecular weight is 283 g/mol. The average Bonchev–Trinajstić information content (AvgIpc) is 2.85. The van der Waals surface area contributed by atoms with Gasteiger partial charge in [-0.2, -0.15) is 0 Å². The van der Waals surface area contributed by atoms with Crippen LogP contribution < -0.4 is 9.47 Å². The van der Waals surface area contributed by atoms with Crippen molar-refractivity contribution in [2.45, 2.75) is 17.7 Å². The van der Waals surface area contributed by atoms with Gasteiger partial charge in [0.15, 0.2) is 11.5 Å². The maximum absolute atomic E-state index is 12.3. The second-order valence-electron chi connectivity index (χ2n) is 4.38. The molecule has 0 N–H and O–H groups in total. The fraction of sp³-hybridized carbons (Fsp3) is 0.417. The van der Waals surface area contributed by atoms with E-state index < -0.39 is 10.0 Å². The molecule has 2 aliphatic heterocycles. The zero-order valence-electron chi connectivity index (χ0n) is 10.2. The van der Waals surface area contributed by atoms with Crippen LogP contribution in [0.2, 0.25) is 0 Å². The number of carbonyl (C=O) groups excluding carboxylic acids is 1. The lowest BCUT2D eigenvalue weighted by molar-refractivity contribution is -0.123. The van der Waals surface area contributed by atoms with E-state index in [0.717, 1.165) is 4.31 Å². The fourth-order valence-corrected chi connectivity index (χ4v) is 3.67. The normalized spacial score (nSPS) is 18.7. The topological polar surface area (TPSA) is 72.9 Å². The molecule has 0 bridgehead atoms. The molecule has 2 aliphatic rings. The summed E-state index contributed by atoms with van der Waals surface area (Å²) in [6, 6.07) is 4.41. The number of carbonyl (C=O) groups is 1. The van der Waals surface area contributed by atoms with Gasteiger partial charge in [0.1, 0.15) is 13.2 Å². The predicted octanol–water partition coefficient (Wildman–Crippen LogP) is 0.769. The lowest BCUT2D eigenvalue weighted by Crippen LogP contribution is -2.32. The third kappa shape index (κ3) is 2.03. The molecule has 1 amide bonds. The molecule has 1 saturated heterocycles. The van der Waals surface area contributed by atoms with E-state index in [4.69, 9.17) is 9.47 Å². The molecule has 1 aromatic carbocycles. The summed E-state index contributed by atoms with van der Waals surface area (Å²) < 4.78 is 36.3. The summed E-state index contributed by atoms with van der Waals surface area (Å²) in [5, 5.41) is 0. The highest BCUT2D eigenvalue weighted by Crippen LogP contribution is 2.33. The first-order valence-corrected chi connectivity index (χ1v) is 7.48. The number of sulfonamides is 1. The van der Waals surface area contributed by atoms with Crippen molar-refractivity contribution in [1.82, 2.24) is 4.31 Å². The number of amides is 1. The highest BCUT2D eigenvalue weighted by atomic mass is 32.2. The Morgan fingerprint density at radius 3 is 2.53 bits per heavy atom. The standard InChI is InChI=1S/C12H13NO5S/c14-12-2-1-5-13(12)19(15,16)9-3-4-10-11(8-9)18-7-6-17-10/h3-4,8H,1-2,5-7H2. The Hall–Kier alpha value is -1.76. The van der Waals surface area contributed by atoms with Gasteiger partial charge in [-0.3, -0.25) is 4.79 Å². The molecule has 0 aromatic heterocycles. The number of benzene rings is 1. The number of rotatable bonds is 2. The minimum Gasteiger partial charge on any atom is -0.486 e. The minimum absolute atomic E-state index is 0.0620. The number of fused-ring (bicyclic) bond motifs is 1. The lowest BCUT2D eigenvalue weighted by Gasteiger charge is -2.20. The third-order valence-corrected chi connectivity index (χ3v) is 4.95. The van der Waals surface area contributed by atoms with Crippen molar-refractivity contribution in [2.75, 3.05) is 19.8 Å². The molecule has 7 heteroatoms. The minimum atomic E-state index is -3.77. The van der Waals surface area contributed by atoms with Crippen LogP contribution in [0.5, 0.6) is 11.5 Å². The quantitative estimate of drug-likeness (QED) is 0.801. The molecule has 1 fully saturated rings. The predicted molar refractivity (Wildman–Crippen MR) is 65.6 cm³/mol. The summed E-state index contributed by atoms with van der Waals surface area (Å²) in [7, 11) is -3.77. The van der Waals surface area contributed by atoms with Gasteiger partial charge in [-0.15, -0.1) is 0 Å². The van der Waals surface area contributed by atoms with E-state index in [9.17, 15) is 13.2 Å². The largest absolute Gasteiger partial charge is 0.486 e. The molecule has 0 spiro atoms. The van der Waals surface area contributed by atoms with E-state index in [1.807, 2.05) is 0 Å². The Bertz CT molecular complexity index is 625. The van der Waals surface area contributed by atoms with Crippen molar-refractivity contribution in [3.63, 3.8) is 0 Å². The summed E-state index contributed by atoms with van der Waals surface area (Å²) in [4.78, 5) is 11.6. The van der Waals surface area contributed by atoms with Crippen LogP contribution in [0.3, 0.4) is 0 Å². The SMILES string of the molecule is O=C1CCCN1S(=O)(=O)c1ccc2c(c1)OCCO2. The van der Waals surface area contributed by atoms with Crippen LogP contribution in [0.4, 0.5) is 0 Å². The molecule has 102 valence electrons. The van der Waals surface area contributed by atoms with Crippen LogP contribution in [0.25, 0.3) is 0 Å². The number of hydrogen-bond acceptors (Lipinski definition) is 5. The third-order valence-electron chi connectivity index (χ3n) is 3.13. The van der Waals surface area contributed by atoms with Crippen molar-refractivity contribution >= 4 is 15.9 Å². The Morgan fingerprint density at radius 1 is 1.11 bits per heavy atom. The summed E-state index contributed by atoms with van der Waals surface area (Å²) in [5.41, 5.74) is 0. The second kappa shape index (κ2) is 4.41. The first-order valence-electron chi connectivity index (χ1n) is 6.04. The van der Waals surface area contributed by atoms with Gasteiger partial charge in [0.2, 0.25) is 5.91 Å². The fourth-order valence-electron chi connectivity index (χ4n) is 2.19. The number of ether oxygens (including phenoxy) is 2. The smallest absolute Gasteiger partial charge is 0.266 e. The molecule has 6 nitrogen and oxygen atoms in total. The van der Waals surface area contributed by atoms with Crippen molar-refractivity contribution in [3.05, 3.63) is 18.2 Å². The number of hydrogen-bond donors (Lipinski definition) is 0. The van der Waals surface area contributed by atoms with Gasteiger partial charge in [-0.05, 0) is 18.6 Å². The Morgan fingerprint density at radius 2 is 1.84 bits per heavy atom. The van der Waals surface area contributed by atoms with Crippen LogP contribution in [0.15, 0.2) is 23.1 Å². The Balaban J connectivity index is 1.99. The van der Waals surface area contributed by atoms with Crippen LogP contribution in [-0.2, 0) is 14.8 Å². The maximum atomic E-state index is 12.3. The van der Waals surface area contributed by atoms with Gasteiger partial charge >= 0.3 is 0 Å². The molecule has 1 aromatic rings. The summed E-state index contributed by atoms with van der Waals surface area (Å²) in [6.07, 6.45) is 0.854. The highest BCUT2D eigenvalue weighted by molar-refractivity contribution is 7.89. The first kappa shape index (κ1) is 12.3. The molecule has 0 saturated carbocycles. The zero-order chi connectivity index (χ0) is 13.5. The van der Waals surface area contributed by atoms with E-state index >= 15 is 0 Å². The molecule has 0 aliphatic carbocycles. The molecular weight excluding hydrogens is 270 g/mol. The summed E-state index contributed by atoms with van der Waals surface area (Å²) in [5.74, 6) is 0.576. The van der Waals surface area contributed by atoms with Crippen molar-refractivity contribution < 1.29 is 22.7 Å². The summed E-state index contributed by atoms with van der Waals surface area (Å²) >= 11 is 0. The molecule has 0 atom stereocenters. The van der Waals surface area contributed by atoms with Gasteiger partial charge in [0, 0.05) is 19.0 Å². The van der Waals surface area contributed by atoms with E-state index in [-0.39, 0.29) is 23.8 Å². The van der Waals surface area contributed by atoms with Crippen molar-refractivity contribution in [2.24, 2.45) is 0 Å². The summed E-state index contributed by atoms with van der Waals surface area (Å²) in [6.45, 7) is 1.08. The highest BCUT2D eigenvalue weighted by Gasteiger charge is 2.33. The molecule has 2 heterocycles. The van der Waals surface area contributed by atoms with Crippen LogP contribution in [0, 0.1) is 0 Å². The monoisotopic (exact) mass is 283 g/mol. The van der Waals surface area contributed by atoms with Crippen LogP contribution >= 0.6 is 0 Å². The lowest BCUT2D eigenvalue weighted by atomic mass is 10.3. The van der Waals surface area contributed by atoms with Gasteiger partial charge in [0.25, 0.3) is 10.0 Å². The Kier molecular flexibility index (Phi) is 2.85. The van der Waals surface area contributed by atoms with Crippen LogP contribution in [-0.4, -0.2) is 38.4 Å². The van der Waals surface area contributed by atoms with Crippen LogP contribution in [0.1, 0.15) is 12.8 Å². The second-order valence-corrected chi connectivity index (χ2v) is 6.24. The molecular formula is C12H13NO5S.